The second-order valence-corrected chi connectivity index (χ2v) is 21.9. The van der Waals surface area contributed by atoms with Crippen molar-refractivity contribution in [2.75, 3.05) is 6.54 Å². The van der Waals surface area contributed by atoms with E-state index in [2.05, 4.69) is 16.1 Å². The van der Waals surface area contributed by atoms with Crippen LogP contribution in [0.15, 0.2) is 231 Å². The predicted octanol–water partition coefficient (Wildman–Crippen LogP) is 12.4. The normalized spacial score (nSPS) is 12.6. The Morgan fingerprint density at radius 3 is 1.40 bits per heavy atom. The van der Waals surface area contributed by atoms with Gasteiger partial charge in [0.25, 0.3) is 0 Å². The Balaban J connectivity index is 1.13. The van der Waals surface area contributed by atoms with Crippen LogP contribution in [-0.4, -0.2) is 58.7 Å². The molecule has 3 amide bonds. The molecular weight excluding hydrogens is 1130 g/mol. The molecule has 0 aromatic heterocycles. The molecule has 0 aliphatic carbocycles. The highest BCUT2D eigenvalue weighted by Gasteiger charge is 2.47. The lowest BCUT2D eigenvalue weighted by molar-refractivity contribution is -0.241. The number of unbranched alkanes of at least 4 members (excludes halogenated alkanes) is 1. The van der Waals surface area contributed by atoms with E-state index in [0.29, 0.717) is 46.2 Å². The van der Waals surface area contributed by atoms with Gasteiger partial charge in [-0.2, -0.15) is 5.01 Å². The largest absolute Gasteiger partial charge is 0.530 e. The van der Waals surface area contributed by atoms with E-state index in [0.717, 1.165) is 16.1 Å². The third kappa shape index (κ3) is 21.1. The van der Waals surface area contributed by atoms with Gasteiger partial charge in [0.15, 0.2) is 11.5 Å². The number of rotatable bonds is 33. The molecule has 8 aromatic carbocycles. The highest BCUT2D eigenvalue weighted by atomic mass is 31.2. The summed E-state index contributed by atoms with van der Waals surface area (Å²) in [6.07, 6.45) is -3.42. The van der Waals surface area contributed by atoms with E-state index in [4.69, 9.17) is 37.3 Å². The van der Waals surface area contributed by atoms with Crippen molar-refractivity contribution in [2.45, 2.75) is 96.8 Å². The minimum Gasteiger partial charge on any atom is -0.485 e. The van der Waals surface area contributed by atoms with Crippen molar-refractivity contribution < 1.29 is 66.1 Å². The number of carbonyl (C=O) groups excluding carboxylic acids is 4. The molecule has 0 aliphatic heterocycles. The monoisotopic (exact) mass is 1200 g/mol. The number of aliphatic hydroxyl groups excluding tert-OH is 1. The first-order chi connectivity index (χ1) is 42.4. The number of hydrogen-bond acceptors (Lipinski definition) is 15. The lowest BCUT2D eigenvalue weighted by Gasteiger charge is -2.42. The molecule has 8 aromatic rings. The fourth-order valence-corrected chi connectivity index (χ4v) is 10.0. The van der Waals surface area contributed by atoms with Gasteiger partial charge in [-0.25, -0.2) is 24.4 Å². The second-order valence-electron chi connectivity index (χ2n) is 20.3. The molecule has 0 radical (unpaired) electrons. The van der Waals surface area contributed by atoms with Gasteiger partial charge in [0, 0.05) is 13.0 Å². The first-order valence-corrected chi connectivity index (χ1v) is 29.9. The van der Waals surface area contributed by atoms with E-state index in [1.54, 1.807) is 84.9 Å². The average molecular weight is 1200 g/mol. The summed E-state index contributed by atoms with van der Waals surface area (Å²) < 4.78 is 62.7. The molecule has 8 rings (SSSR count). The number of hydrogen-bond donors (Lipinski definition) is 4. The summed E-state index contributed by atoms with van der Waals surface area (Å²) in [7, 11) is -4.49. The summed E-state index contributed by atoms with van der Waals surface area (Å²) in [6.45, 7) is 0.960. The van der Waals surface area contributed by atoms with E-state index >= 15 is 4.79 Å². The van der Waals surface area contributed by atoms with Crippen LogP contribution >= 0.6 is 7.82 Å². The van der Waals surface area contributed by atoms with Crippen LogP contribution in [0.1, 0.15) is 70.7 Å². The summed E-state index contributed by atoms with van der Waals surface area (Å²) >= 11 is 0. The van der Waals surface area contributed by atoms with Gasteiger partial charge in [0.05, 0.1) is 19.8 Å². The zero-order chi connectivity index (χ0) is 60.9. The number of amides is 3. The van der Waals surface area contributed by atoms with Crippen molar-refractivity contribution in [3.05, 3.63) is 275 Å². The smallest absolute Gasteiger partial charge is 0.485 e. The lowest BCUT2D eigenvalue weighted by atomic mass is 9.90. The van der Waals surface area contributed by atoms with E-state index < -0.39 is 49.9 Å². The van der Waals surface area contributed by atoms with Crippen molar-refractivity contribution in [1.82, 2.24) is 21.1 Å². The Bertz CT molecular complexity index is 3370. The maximum absolute atomic E-state index is 15.7. The minimum atomic E-state index is -4.49. The van der Waals surface area contributed by atoms with Gasteiger partial charge in [0.2, 0.25) is 12.3 Å². The number of nitrogens with zero attached hydrogens (tertiary/aromatic N) is 1. The molecule has 0 spiro atoms. The Kier molecular flexibility index (Phi) is 24.6. The molecule has 19 heteroatoms. The maximum atomic E-state index is 15.7. The van der Waals surface area contributed by atoms with Crippen LogP contribution in [0.3, 0.4) is 0 Å². The highest BCUT2D eigenvalue weighted by molar-refractivity contribution is 7.48. The van der Waals surface area contributed by atoms with Crippen LogP contribution in [0.2, 0.25) is 0 Å². The molecule has 3 atom stereocenters. The fraction of sp³-hybridized carbons (Fsp3) is 0.235. The van der Waals surface area contributed by atoms with Crippen molar-refractivity contribution in [3.63, 3.8) is 0 Å². The van der Waals surface area contributed by atoms with E-state index in [9.17, 15) is 24.1 Å². The topological polar surface area (TPSA) is 219 Å². The molecule has 452 valence electrons. The zero-order valence-electron chi connectivity index (χ0n) is 48.2. The number of carbonyl (C=O) groups is 4. The number of phosphoric ester groups is 1. The second kappa shape index (κ2) is 33.5. The summed E-state index contributed by atoms with van der Waals surface area (Å²) in [5.74, 6) is -1.65. The molecule has 0 fully saturated rings. The predicted molar refractivity (Wildman–Crippen MR) is 326 cm³/mol. The minimum absolute atomic E-state index is 0.00257. The summed E-state index contributed by atoms with van der Waals surface area (Å²) in [5.41, 5.74) is 5.85. The third-order valence-electron chi connectivity index (χ3n) is 13.6. The molecular formula is C68H71N4O14P. The summed E-state index contributed by atoms with van der Waals surface area (Å²) in [6, 6.07) is 67.0. The van der Waals surface area contributed by atoms with Crippen molar-refractivity contribution >= 4 is 31.9 Å². The van der Waals surface area contributed by atoms with Gasteiger partial charge in [-0.1, -0.05) is 218 Å². The number of phosphoric acid groups is 1. The van der Waals surface area contributed by atoms with Gasteiger partial charge < -0.3 is 43.9 Å². The van der Waals surface area contributed by atoms with Gasteiger partial charge in [-0.05, 0) is 82.8 Å². The Morgan fingerprint density at radius 2 is 0.920 bits per heavy atom. The number of nitrogens with one attached hydrogen (secondary N) is 3. The quantitative estimate of drug-likeness (QED) is 0.00751. The Morgan fingerprint density at radius 1 is 0.494 bits per heavy atom. The number of benzene rings is 8. The molecule has 87 heavy (non-hydrogen) atoms. The van der Waals surface area contributed by atoms with Crippen molar-refractivity contribution in [2.24, 2.45) is 0 Å². The Labute approximate surface area is 506 Å². The van der Waals surface area contributed by atoms with Crippen LogP contribution in [0.4, 0.5) is 9.59 Å². The lowest BCUT2D eigenvalue weighted by Crippen LogP contribution is -2.68. The first-order valence-electron chi connectivity index (χ1n) is 28.4. The molecule has 0 aliphatic rings. The van der Waals surface area contributed by atoms with Crippen LogP contribution in [0.5, 0.6) is 11.5 Å². The first kappa shape index (κ1) is 63.9. The zero-order valence-corrected chi connectivity index (χ0v) is 49.1. The molecule has 18 nitrogen and oxygen atoms in total. The molecule has 2 unspecified atom stereocenters. The fourth-order valence-electron chi connectivity index (χ4n) is 8.85. The number of ether oxygens (including phenoxy) is 5. The highest BCUT2D eigenvalue weighted by Crippen LogP contribution is 2.53. The van der Waals surface area contributed by atoms with Crippen molar-refractivity contribution in [3.8, 4) is 11.5 Å². The summed E-state index contributed by atoms with van der Waals surface area (Å²) in [5, 5.41) is 18.8. The van der Waals surface area contributed by atoms with Gasteiger partial charge in [-0.3, -0.25) is 13.8 Å². The van der Waals surface area contributed by atoms with Gasteiger partial charge in [0.1, 0.15) is 38.0 Å². The SMILES string of the molecule is CC(Cc1ccc(OP(=O)(OCc2ccccc2)OCc2ccccc2)c(OCc2ccccc2)c1)(C(=O)N[C@@H](CCCCNC(=O)OCc1ccccc1)C(=O)OCc1ccccc1)N(NC(=O)OCc1ccccc1)C(O)OCc1ccccc1. The summed E-state index contributed by atoms with van der Waals surface area (Å²) in [4.78, 5) is 56.8. The number of esters is 1. The number of hydrazine groups is 1. The average Bonchev–Trinajstić information content (AvgIpc) is 1.86. The standard InChI is InChI=1S/C68H71N4O14P/c1-68(72(67(77)83-49-56-33-17-6-18-34-56)71-66(76)82-48-55-31-15-5-16-32-55,64(74)70-60(63(73)80-46-53-27-11-3-12-28-53)39-23-24-42-69-65(75)81-47-54-29-13-4-14-30-54)44-59-40-41-61(62(43-59)79-45-52-25-9-2-10-26-52)86-87(78,84-50-57-35-19-7-20-36-57)85-51-58-37-21-8-22-38-58/h2-22,25-38,40-41,43,60,67,77H,23-24,39,42,44-51H2,1H3,(H,69,75)(H,70,74)(H,71,76)/t60-,67?,68?/m0/s1. The maximum Gasteiger partial charge on any atom is 0.530 e. The molecule has 4 N–H and O–H groups in total. The number of alkyl carbamates (subject to hydrolysis) is 1. The van der Waals surface area contributed by atoms with Crippen LogP contribution in [-0.2, 0) is 94.8 Å². The number of aliphatic hydroxyl groups is 1. The molecule has 0 heterocycles. The van der Waals surface area contributed by atoms with E-state index in [-0.39, 0.29) is 77.1 Å². The molecule has 0 saturated carbocycles. The van der Waals surface area contributed by atoms with Gasteiger partial charge in [-0.15, -0.1) is 0 Å². The third-order valence-corrected chi connectivity index (χ3v) is 14.9. The van der Waals surface area contributed by atoms with Crippen LogP contribution in [0.25, 0.3) is 0 Å². The van der Waals surface area contributed by atoms with Gasteiger partial charge >= 0.3 is 26.0 Å². The molecule has 0 bridgehead atoms. The van der Waals surface area contributed by atoms with Crippen LogP contribution in [0, 0.1) is 0 Å². The van der Waals surface area contributed by atoms with E-state index in [1.807, 2.05) is 140 Å². The van der Waals surface area contributed by atoms with Crippen LogP contribution < -0.4 is 25.3 Å². The molecule has 0 saturated heterocycles. The Hall–Kier alpha value is -9.13. The van der Waals surface area contributed by atoms with E-state index in [1.165, 1.54) is 13.0 Å². The van der Waals surface area contributed by atoms with Crippen molar-refractivity contribution in [1.29, 1.82) is 0 Å².